The Morgan fingerprint density at radius 2 is 1.29 bits per heavy atom. The van der Waals surface area contributed by atoms with Gasteiger partial charge >= 0.3 is 11.9 Å². The smallest absolute Gasteiger partial charge is 0.325 e. The molecule has 0 radical (unpaired) electrons. The topological polar surface area (TPSA) is 74.6 Å². The van der Waals surface area contributed by atoms with Crippen LogP contribution in [0.5, 0.6) is 0 Å². The third-order valence-electron chi connectivity index (χ3n) is 4.36. The summed E-state index contributed by atoms with van der Waals surface area (Å²) >= 11 is 0. The van der Waals surface area contributed by atoms with Crippen molar-refractivity contribution in [2.45, 2.75) is 37.5 Å². The molecule has 2 aromatic rings. The number of hydrogen-bond acceptors (Lipinski definition) is 2. The third kappa shape index (κ3) is 4.02. The van der Waals surface area contributed by atoms with Crippen LogP contribution in [-0.4, -0.2) is 22.2 Å². The van der Waals surface area contributed by atoms with Gasteiger partial charge in [0, 0.05) is 0 Å². The number of hydrogen-bond donors (Lipinski definition) is 2. The zero-order valence-corrected chi connectivity index (χ0v) is 13.5. The van der Waals surface area contributed by atoms with Gasteiger partial charge in [0.2, 0.25) is 0 Å². The molecule has 4 nitrogen and oxygen atoms in total. The van der Waals surface area contributed by atoms with Crippen LogP contribution in [0.4, 0.5) is 0 Å². The maximum absolute atomic E-state index is 11.8. The predicted octanol–water partition coefficient (Wildman–Crippen LogP) is 3.90. The van der Waals surface area contributed by atoms with Gasteiger partial charge in [0.1, 0.15) is 0 Å². The van der Waals surface area contributed by atoms with Gasteiger partial charge in [-0.15, -0.1) is 0 Å². The summed E-state index contributed by atoms with van der Waals surface area (Å²) in [5.74, 6) is -2.60. The second-order valence-electron chi connectivity index (χ2n) is 5.93. The molecule has 0 aliphatic carbocycles. The summed E-state index contributed by atoms with van der Waals surface area (Å²) in [6.07, 6.45) is 3.27. The first-order valence-corrected chi connectivity index (χ1v) is 8.13. The first-order chi connectivity index (χ1) is 11.6. The Morgan fingerprint density at radius 1 is 0.750 bits per heavy atom. The molecule has 0 aromatic heterocycles. The number of benzene rings is 2. The van der Waals surface area contributed by atoms with Crippen molar-refractivity contribution >= 4 is 11.9 Å². The molecule has 0 bridgehead atoms. The molecule has 0 fully saturated rings. The monoisotopic (exact) mass is 326 g/mol. The highest BCUT2D eigenvalue weighted by Gasteiger charge is 2.47. The van der Waals surface area contributed by atoms with E-state index >= 15 is 0 Å². The Kier molecular flexibility index (Phi) is 6.13. The van der Waals surface area contributed by atoms with Gasteiger partial charge in [-0.05, 0) is 30.4 Å². The van der Waals surface area contributed by atoms with Crippen LogP contribution in [0, 0.1) is 0 Å². The van der Waals surface area contributed by atoms with E-state index in [1.165, 1.54) is 5.56 Å². The lowest BCUT2D eigenvalue weighted by molar-refractivity contribution is -0.158. The Morgan fingerprint density at radius 3 is 1.83 bits per heavy atom. The minimum atomic E-state index is -1.87. The van der Waals surface area contributed by atoms with Crippen molar-refractivity contribution in [3.05, 3.63) is 71.8 Å². The van der Waals surface area contributed by atoms with Crippen LogP contribution in [-0.2, 0) is 21.4 Å². The lowest BCUT2D eigenvalue weighted by atomic mass is 9.76. The van der Waals surface area contributed by atoms with Crippen LogP contribution in [0.3, 0.4) is 0 Å². The zero-order valence-electron chi connectivity index (χ0n) is 13.5. The van der Waals surface area contributed by atoms with Gasteiger partial charge in [-0.3, -0.25) is 9.59 Å². The number of unbranched alkanes of at least 4 members (excludes halogenated alkanes) is 2. The molecular weight excluding hydrogens is 304 g/mol. The van der Waals surface area contributed by atoms with E-state index in [1.807, 2.05) is 18.2 Å². The molecule has 2 rings (SSSR count). The normalized spacial score (nSPS) is 11.2. The van der Waals surface area contributed by atoms with Crippen molar-refractivity contribution in [1.29, 1.82) is 0 Å². The molecule has 0 aliphatic heterocycles. The molecule has 2 aromatic carbocycles. The average Bonchev–Trinajstić information content (AvgIpc) is 2.59. The summed E-state index contributed by atoms with van der Waals surface area (Å²) in [5, 5.41) is 19.2. The van der Waals surface area contributed by atoms with Gasteiger partial charge < -0.3 is 10.2 Å². The van der Waals surface area contributed by atoms with Crippen LogP contribution >= 0.6 is 0 Å². The van der Waals surface area contributed by atoms with Gasteiger partial charge in [-0.2, -0.15) is 0 Å². The molecule has 4 heteroatoms. The second kappa shape index (κ2) is 8.29. The highest BCUT2D eigenvalue weighted by molar-refractivity contribution is 6.04. The van der Waals surface area contributed by atoms with Crippen LogP contribution in [0.25, 0.3) is 0 Å². The molecule has 0 spiro atoms. The fourth-order valence-corrected chi connectivity index (χ4v) is 2.96. The minimum Gasteiger partial charge on any atom is -0.480 e. The van der Waals surface area contributed by atoms with E-state index in [0.29, 0.717) is 12.0 Å². The predicted molar refractivity (Wildman–Crippen MR) is 92.0 cm³/mol. The molecule has 2 N–H and O–H groups in total. The summed E-state index contributed by atoms with van der Waals surface area (Å²) in [6, 6.07) is 18.3. The number of aryl methyl sites for hydroxylation is 1. The van der Waals surface area contributed by atoms with E-state index < -0.39 is 17.4 Å². The van der Waals surface area contributed by atoms with E-state index in [2.05, 4.69) is 12.1 Å². The lowest BCUT2D eigenvalue weighted by Gasteiger charge is -2.25. The second-order valence-corrected chi connectivity index (χ2v) is 5.93. The van der Waals surface area contributed by atoms with Crippen molar-refractivity contribution in [3.8, 4) is 0 Å². The van der Waals surface area contributed by atoms with Crippen LogP contribution in [0.15, 0.2) is 60.7 Å². The van der Waals surface area contributed by atoms with E-state index in [4.69, 9.17) is 0 Å². The maximum Gasteiger partial charge on any atom is 0.325 e. The Bertz CT molecular complexity index is 651. The maximum atomic E-state index is 11.8. The number of aliphatic carboxylic acids is 2. The lowest BCUT2D eigenvalue weighted by Crippen LogP contribution is -2.43. The largest absolute Gasteiger partial charge is 0.480 e. The minimum absolute atomic E-state index is 0.0937. The van der Waals surface area contributed by atoms with E-state index in [0.717, 1.165) is 19.3 Å². The fourth-order valence-electron chi connectivity index (χ4n) is 2.96. The summed E-state index contributed by atoms with van der Waals surface area (Å²) < 4.78 is 0. The van der Waals surface area contributed by atoms with Crippen molar-refractivity contribution in [1.82, 2.24) is 0 Å². The third-order valence-corrected chi connectivity index (χ3v) is 4.36. The molecule has 0 aliphatic rings. The SMILES string of the molecule is O=C(O)C(CCCCCc1ccccc1)(C(=O)O)c1ccccc1. The standard InChI is InChI=1S/C20H22O4/c21-18(22)20(19(23)24,17-13-7-2-8-14-17)15-9-3-6-12-16-10-4-1-5-11-16/h1-2,4-5,7-8,10-11,13-14H,3,6,9,12,15H2,(H,21,22)(H,23,24). The summed E-state index contributed by atoms with van der Waals surface area (Å²) in [6.45, 7) is 0. The molecule has 0 saturated carbocycles. The molecule has 126 valence electrons. The van der Waals surface area contributed by atoms with Crippen molar-refractivity contribution in [2.75, 3.05) is 0 Å². The first kappa shape index (κ1) is 17.7. The quantitative estimate of drug-likeness (QED) is 0.541. The van der Waals surface area contributed by atoms with Gasteiger partial charge in [-0.1, -0.05) is 73.5 Å². The van der Waals surface area contributed by atoms with Crippen LogP contribution in [0.1, 0.15) is 36.8 Å². The van der Waals surface area contributed by atoms with Gasteiger partial charge in [0.25, 0.3) is 0 Å². The molecule has 0 atom stereocenters. The van der Waals surface area contributed by atoms with Gasteiger partial charge in [-0.25, -0.2) is 0 Å². The molecule has 0 unspecified atom stereocenters. The Hall–Kier alpha value is -2.62. The Balaban J connectivity index is 1.99. The number of carboxylic acid groups (broad SMARTS) is 2. The van der Waals surface area contributed by atoms with E-state index in [1.54, 1.807) is 30.3 Å². The molecule has 0 saturated heterocycles. The molecule has 0 heterocycles. The van der Waals surface area contributed by atoms with Gasteiger partial charge in [0.05, 0.1) is 0 Å². The fraction of sp³-hybridized carbons (Fsp3) is 0.300. The highest BCUT2D eigenvalue weighted by atomic mass is 16.4. The van der Waals surface area contributed by atoms with E-state index in [-0.39, 0.29) is 6.42 Å². The summed E-state index contributed by atoms with van der Waals surface area (Å²) in [5.41, 5.74) is -0.301. The van der Waals surface area contributed by atoms with E-state index in [9.17, 15) is 19.8 Å². The molecule has 0 amide bonds. The number of rotatable bonds is 9. The average molecular weight is 326 g/mol. The summed E-state index contributed by atoms with van der Waals surface area (Å²) in [4.78, 5) is 23.5. The van der Waals surface area contributed by atoms with Crippen molar-refractivity contribution in [3.63, 3.8) is 0 Å². The van der Waals surface area contributed by atoms with Crippen LogP contribution < -0.4 is 0 Å². The molecular formula is C20H22O4. The highest BCUT2D eigenvalue weighted by Crippen LogP contribution is 2.31. The zero-order chi connectivity index (χ0) is 17.4. The van der Waals surface area contributed by atoms with Gasteiger partial charge in [0.15, 0.2) is 5.41 Å². The first-order valence-electron chi connectivity index (χ1n) is 8.13. The number of carbonyl (C=O) groups is 2. The Labute approximate surface area is 141 Å². The van der Waals surface area contributed by atoms with Crippen molar-refractivity contribution in [2.24, 2.45) is 0 Å². The summed E-state index contributed by atoms with van der Waals surface area (Å²) in [7, 11) is 0. The van der Waals surface area contributed by atoms with Crippen molar-refractivity contribution < 1.29 is 19.8 Å². The van der Waals surface area contributed by atoms with Crippen LogP contribution in [0.2, 0.25) is 0 Å². The number of carboxylic acids is 2. The molecule has 24 heavy (non-hydrogen) atoms.